The zero-order valence-electron chi connectivity index (χ0n) is 18.8. The Morgan fingerprint density at radius 3 is 2.53 bits per heavy atom. The first kappa shape index (κ1) is 20.8. The zero-order valence-corrected chi connectivity index (χ0v) is 18.8. The third kappa shape index (κ3) is 3.81. The number of nitrogens with zero attached hydrogens (tertiary/aromatic N) is 3. The quantitative estimate of drug-likeness (QED) is 0.800. The Labute approximate surface area is 188 Å². The molecule has 2 aliphatic heterocycles. The molecule has 0 spiro atoms. The lowest BCUT2D eigenvalue weighted by Gasteiger charge is -2.35. The fraction of sp³-hybridized carbons (Fsp3) is 0.440. The largest absolute Gasteiger partial charge is 0.495 e. The number of carbonyl (C=O) groups excluding carboxylic acids is 2. The second-order valence-corrected chi connectivity index (χ2v) is 8.92. The third-order valence-electron chi connectivity index (χ3n) is 6.87. The fourth-order valence-electron chi connectivity index (χ4n) is 4.99. The van der Waals surface area contributed by atoms with Crippen LogP contribution in [-0.2, 0) is 12.8 Å². The molecule has 7 heteroatoms. The van der Waals surface area contributed by atoms with Crippen LogP contribution in [0, 0.1) is 0 Å². The van der Waals surface area contributed by atoms with Gasteiger partial charge in [0, 0.05) is 50.4 Å². The van der Waals surface area contributed by atoms with Gasteiger partial charge in [-0.1, -0.05) is 0 Å². The molecule has 0 saturated carbocycles. The molecule has 0 unspecified atom stereocenters. The number of carbonyl (C=O) groups is 2. The maximum absolute atomic E-state index is 13.2. The number of nitrogens with one attached hydrogen (secondary N) is 1. The summed E-state index contributed by atoms with van der Waals surface area (Å²) in [5, 5.41) is 3.05. The maximum Gasteiger partial charge on any atom is 0.326 e. The van der Waals surface area contributed by atoms with Crippen LogP contribution in [0.5, 0.6) is 5.75 Å². The van der Waals surface area contributed by atoms with E-state index < -0.39 is 0 Å². The molecule has 2 aromatic carbocycles. The number of Topliss-reactive ketones (excluding diaryl/α,β-unsaturated/α-hetero) is 1. The third-order valence-corrected chi connectivity index (χ3v) is 6.87. The van der Waals surface area contributed by atoms with Crippen LogP contribution >= 0.6 is 0 Å². The van der Waals surface area contributed by atoms with Gasteiger partial charge in [-0.15, -0.1) is 0 Å². The molecular weight excluding hydrogens is 404 g/mol. The molecule has 0 radical (unpaired) electrons. The van der Waals surface area contributed by atoms with Crippen LogP contribution in [-0.4, -0.2) is 63.6 Å². The van der Waals surface area contributed by atoms with Crippen molar-refractivity contribution in [1.29, 1.82) is 0 Å². The summed E-state index contributed by atoms with van der Waals surface area (Å²) in [5.74, 6) is 1.07. The Balaban J connectivity index is 1.38. The summed E-state index contributed by atoms with van der Waals surface area (Å²) in [4.78, 5) is 31.8. The Morgan fingerprint density at radius 1 is 0.938 bits per heavy atom. The van der Waals surface area contributed by atoms with Crippen LogP contribution in [0.15, 0.2) is 30.3 Å². The van der Waals surface area contributed by atoms with Gasteiger partial charge in [0.15, 0.2) is 5.78 Å². The van der Waals surface area contributed by atoms with E-state index in [2.05, 4.69) is 34.3 Å². The van der Waals surface area contributed by atoms with Crippen LogP contribution in [0.25, 0.3) is 0 Å². The SMILES string of the molecule is COc1cc2c(cc1N1CCN(C)CC1)N(C(=O)Nc1ccc3c(c1)CCCC3=O)CC2. The number of fused-ring (bicyclic) bond motifs is 2. The number of rotatable bonds is 3. The highest BCUT2D eigenvalue weighted by molar-refractivity contribution is 6.04. The van der Waals surface area contributed by atoms with Gasteiger partial charge >= 0.3 is 6.03 Å². The average Bonchev–Trinajstić information content (AvgIpc) is 3.22. The van der Waals surface area contributed by atoms with Gasteiger partial charge in [0.2, 0.25) is 0 Å². The first-order valence-electron chi connectivity index (χ1n) is 11.4. The van der Waals surface area contributed by atoms with Gasteiger partial charge in [-0.2, -0.15) is 0 Å². The second-order valence-electron chi connectivity index (χ2n) is 8.92. The molecule has 1 fully saturated rings. The number of anilines is 3. The standard InChI is InChI=1S/C25H30N4O3/c1-27-10-12-28(13-11-27)22-16-21-18(15-24(22)32-2)8-9-29(21)25(31)26-19-6-7-20-17(14-19)4-3-5-23(20)30/h6-7,14-16H,3-5,8-13H2,1-2H3,(H,26,31). The van der Waals surface area contributed by atoms with Crippen LogP contribution in [0.2, 0.25) is 0 Å². The smallest absolute Gasteiger partial charge is 0.326 e. The van der Waals surface area contributed by atoms with Crippen LogP contribution in [0.1, 0.15) is 34.3 Å². The number of likely N-dealkylation sites (N-methyl/N-ethyl adjacent to an activating group) is 1. The van der Waals surface area contributed by atoms with Gasteiger partial charge in [-0.3, -0.25) is 9.69 Å². The van der Waals surface area contributed by atoms with Crippen molar-refractivity contribution in [2.24, 2.45) is 0 Å². The normalized spacial score (nSPS) is 18.4. The number of ketones is 1. The predicted molar refractivity (Wildman–Crippen MR) is 126 cm³/mol. The van der Waals surface area contributed by atoms with E-state index in [4.69, 9.17) is 4.74 Å². The van der Waals surface area contributed by atoms with Crippen LogP contribution in [0.4, 0.5) is 21.9 Å². The van der Waals surface area contributed by atoms with E-state index in [9.17, 15) is 9.59 Å². The number of benzene rings is 2. The molecule has 0 atom stereocenters. The van der Waals surface area contributed by atoms with Gasteiger partial charge in [0.25, 0.3) is 0 Å². The summed E-state index contributed by atoms with van der Waals surface area (Å²) in [6, 6.07) is 9.69. The maximum atomic E-state index is 13.2. The molecule has 7 nitrogen and oxygen atoms in total. The first-order valence-corrected chi connectivity index (χ1v) is 11.4. The van der Waals surface area contributed by atoms with Gasteiger partial charge < -0.3 is 19.9 Å². The first-order chi connectivity index (χ1) is 15.5. The Morgan fingerprint density at radius 2 is 1.75 bits per heavy atom. The van der Waals surface area contributed by atoms with Crippen molar-refractivity contribution in [3.63, 3.8) is 0 Å². The van der Waals surface area contributed by atoms with Crippen molar-refractivity contribution in [1.82, 2.24) is 4.90 Å². The van der Waals surface area contributed by atoms with Crippen molar-refractivity contribution in [3.05, 3.63) is 47.0 Å². The van der Waals surface area contributed by atoms with Crippen LogP contribution < -0.4 is 19.9 Å². The predicted octanol–water partition coefficient (Wildman–Crippen LogP) is 3.56. The molecule has 0 aromatic heterocycles. The van der Waals surface area contributed by atoms with Gasteiger partial charge in [0.1, 0.15) is 5.75 Å². The number of urea groups is 1. The molecule has 1 saturated heterocycles. The molecule has 0 bridgehead atoms. The lowest BCUT2D eigenvalue weighted by Crippen LogP contribution is -2.44. The Kier molecular flexibility index (Phi) is 5.51. The van der Waals surface area contributed by atoms with Crippen molar-refractivity contribution < 1.29 is 14.3 Å². The molecule has 1 aliphatic carbocycles. The van der Waals surface area contributed by atoms with Crippen molar-refractivity contribution in [2.75, 3.05) is 62.0 Å². The zero-order chi connectivity index (χ0) is 22.2. The van der Waals surface area contributed by atoms with E-state index >= 15 is 0 Å². The Bertz CT molecular complexity index is 1060. The van der Waals surface area contributed by atoms with E-state index in [0.29, 0.717) is 13.0 Å². The summed E-state index contributed by atoms with van der Waals surface area (Å²) in [7, 11) is 3.85. The van der Waals surface area contributed by atoms with E-state index in [1.165, 1.54) is 0 Å². The molecule has 32 heavy (non-hydrogen) atoms. The molecule has 2 aromatic rings. The Hall–Kier alpha value is -3.06. The summed E-state index contributed by atoms with van der Waals surface area (Å²) in [5.41, 5.74) is 5.69. The molecule has 5 rings (SSSR count). The number of amides is 2. The molecule has 1 N–H and O–H groups in total. The molecule has 2 amide bonds. The van der Waals surface area contributed by atoms with Crippen LogP contribution in [0.3, 0.4) is 0 Å². The summed E-state index contributed by atoms with van der Waals surface area (Å²) >= 11 is 0. The minimum Gasteiger partial charge on any atom is -0.495 e. The number of hydrogen-bond acceptors (Lipinski definition) is 5. The van der Waals surface area contributed by atoms with E-state index in [1.807, 2.05) is 23.1 Å². The van der Waals surface area contributed by atoms with E-state index in [1.54, 1.807) is 7.11 Å². The number of aryl methyl sites for hydroxylation is 1. The van der Waals surface area contributed by atoms with E-state index in [0.717, 1.165) is 84.9 Å². The monoisotopic (exact) mass is 434 g/mol. The van der Waals surface area contributed by atoms with E-state index in [-0.39, 0.29) is 11.8 Å². The van der Waals surface area contributed by atoms with Gasteiger partial charge in [0.05, 0.1) is 18.5 Å². The number of piperazine rings is 1. The summed E-state index contributed by atoms with van der Waals surface area (Å²) in [6.07, 6.45) is 3.17. The fourth-order valence-corrected chi connectivity index (χ4v) is 4.99. The second kappa shape index (κ2) is 8.47. The van der Waals surface area contributed by atoms with Gasteiger partial charge in [-0.05, 0) is 67.8 Å². The van der Waals surface area contributed by atoms with Gasteiger partial charge in [-0.25, -0.2) is 4.79 Å². The highest BCUT2D eigenvalue weighted by Gasteiger charge is 2.29. The lowest BCUT2D eigenvalue weighted by atomic mass is 9.90. The number of hydrogen-bond donors (Lipinski definition) is 1. The molecule has 168 valence electrons. The molecular formula is C25H30N4O3. The molecule has 3 aliphatic rings. The van der Waals surface area contributed by atoms with Crippen molar-refractivity contribution >= 4 is 28.9 Å². The number of methoxy groups -OCH3 is 1. The highest BCUT2D eigenvalue weighted by Crippen LogP contribution is 2.40. The minimum absolute atomic E-state index is 0.139. The lowest BCUT2D eigenvalue weighted by molar-refractivity contribution is 0.0972. The highest BCUT2D eigenvalue weighted by atomic mass is 16.5. The summed E-state index contributed by atoms with van der Waals surface area (Å²) in [6.45, 7) is 4.52. The average molecular weight is 435 g/mol. The van der Waals surface area contributed by atoms with Crippen molar-refractivity contribution in [3.8, 4) is 5.75 Å². The number of ether oxygens (including phenoxy) is 1. The minimum atomic E-state index is -0.139. The summed E-state index contributed by atoms with van der Waals surface area (Å²) < 4.78 is 5.70. The molecule has 2 heterocycles. The van der Waals surface area contributed by atoms with Crippen molar-refractivity contribution in [2.45, 2.75) is 25.7 Å². The topological polar surface area (TPSA) is 65.1 Å².